The standard InChI is InChI=1S/C12H16ClNO2/c1-2-12(16,8-7-11(14)15)9-3-5-10(13)6-4-9/h3-6,16H,2,7-8H2,1H3,(H2,14,15)/t12-/m1/s1. The number of primary amides is 1. The lowest BCUT2D eigenvalue weighted by Gasteiger charge is -2.27. The molecule has 0 aliphatic rings. The molecule has 1 aromatic rings. The summed E-state index contributed by atoms with van der Waals surface area (Å²) in [6.45, 7) is 1.87. The van der Waals surface area contributed by atoms with E-state index in [1.54, 1.807) is 24.3 Å². The van der Waals surface area contributed by atoms with Gasteiger partial charge in [0.05, 0.1) is 5.60 Å². The fraction of sp³-hybridized carbons (Fsp3) is 0.417. The minimum Gasteiger partial charge on any atom is -0.385 e. The zero-order chi connectivity index (χ0) is 12.2. The molecule has 4 heteroatoms. The molecular weight excluding hydrogens is 226 g/mol. The summed E-state index contributed by atoms with van der Waals surface area (Å²) in [4.78, 5) is 10.7. The van der Waals surface area contributed by atoms with Crippen molar-refractivity contribution in [3.05, 3.63) is 34.9 Å². The van der Waals surface area contributed by atoms with Crippen molar-refractivity contribution in [1.29, 1.82) is 0 Å². The van der Waals surface area contributed by atoms with Gasteiger partial charge in [0.25, 0.3) is 0 Å². The van der Waals surface area contributed by atoms with E-state index in [1.165, 1.54) is 0 Å². The van der Waals surface area contributed by atoms with Crippen LogP contribution < -0.4 is 5.73 Å². The number of benzene rings is 1. The van der Waals surface area contributed by atoms with Gasteiger partial charge in [-0.1, -0.05) is 30.7 Å². The number of aliphatic hydroxyl groups is 1. The Labute approximate surface area is 100 Å². The third kappa shape index (κ3) is 3.22. The number of amides is 1. The van der Waals surface area contributed by atoms with Crippen LogP contribution in [0, 0.1) is 0 Å². The maximum atomic E-state index is 10.7. The second-order valence-corrected chi connectivity index (χ2v) is 4.29. The number of carbonyl (C=O) groups is 1. The van der Waals surface area contributed by atoms with E-state index in [0.29, 0.717) is 17.9 Å². The molecule has 0 saturated carbocycles. The van der Waals surface area contributed by atoms with Crippen LogP contribution in [0.25, 0.3) is 0 Å². The lowest BCUT2D eigenvalue weighted by Crippen LogP contribution is -2.27. The second-order valence-electron chi connectivity index (χ2n) is 3.86. The van der Waals surface area contributed by atoms with E-state index in [0.717, 1.165) is 5.56 Å². The average Bonchev–Trinajstić information content (AvgIpc) is 2.27. The van der Waals surface area contributed by atoms with Crippen molar-refractivity contribution in [3.8, 4) is 0 Å². The summed E-state index contributed by atoms with van der Waals surface area (Å²) < 4.78 is 0. The van der Waals surface area contributed by atoms with E-state index in [-0.39, 0.29) is 6.42 Å². The van der Waals surface area contributed by atoms with Crippen molar-refractivity contribution in [2.45, 2.75) is 31.8 Å². The second kappa shape index (κ2) is 5.32. The van der Waals surface area contributed by atoms with Gasteiger partial charge in [0.2, 0.25) is 5.91 Å². The first-order chi connectivity index (χ1) is 7.48. The predicted molar refractivity (Wildman–Crippen MR) is 64.1 cm³/mol. The summed E-state index contributed by atoms with van der Waals surface area (Å²) in [7, 11) is 0. The Bertz CT molecular complexity index is 364. The molecule has 0 aromatic heterocycles. The number of nitrogens with two attached hydrogens (primary N) is 1. The summed E-state index contributed by atoms with van der Waals surface area (Å²) >= 11 is 5.78. The Morgan fingerprint density at radius 2 is 2.00 bits per heavy atom. The van der Waals surface area contributed by atoms with E-state index in [2.05, 4.69) is 0 Å². The summed E-state index contributed by atoms with van der Waals surface area (Å²) in [6, 6.07) is 6.99. The Balaban J connectivity index is 2.86. The summed E-state index contributed by atoms with van der Waals surface area (Å²) in [5.74, 6) is -0.402. The molecule has 1 aromatic carbocycles. The molecule has 1 atom stereocenters. The third-order valence-corrected chi connectivity index (χ3v) is 3.00. The van der Waals surface area contributed by atoms with Gasteiger partial charge in [0.15, 0.2) is 0 Å². The minimum atomic E-state index is -1.00. The zero-order valence-electron chi connectivity index (χ0n) is 9.24. The van der Waals surface area contributed by atoms with Crippen LogP contribution in [0.2, 0.25) is 5.02 Å². The molecule has 0 bridgehead atoms. The molecule has 0 saturated heterocycles. The van der Waals surface area contributed by atoms with Crippen molar-refractivity contribution in [2.75, 3.05) is 0 Å². The molecule has 0 unspecified atom stereocenters. The Morgan fingerprint density at radius 3 is 2.44 bits per heavy atom. The first kappa shape index (κ1) is 13.0. The lowest BCUT2D eigenvalue weighted by atomic mass is 9.87. The molecule has 0 aliphatic carbocycles. The van der Waals surface area contributed by atoms with Crippen molar-refractivity contribution < 1.29 is 9.90 Å². The third-order valence-electron chi connectivity index (χ3n) is 2.75. The van der Waals surface area contributed by atoms with Crippen LogP contribution in [0.3, 0.4) is 0 Å². The van der Waals surface area contributed by atoms with E-state index >= 15 is 0 Å². The highest BCUT2D eigenvalue weighted by atomic mass is 35.5. The lowest BCUT2D eigenvalue weighted by molar-refractivity contribution is -0.119. The fourth-order valence-corrected chi connectivity index (χ4v) is 1.74. The average molecular weight is 242 g/mol. The van der Waals surface area contributed by atoms with E-state index < -0.39 is 11.5 Å². The SMILES string of the molecule is CC[C@@](O)(CCC(N)=O)c1ccc(Cl)cc1. The number of hydrogen-bond donors (Lipinski definition) is 2. The quantitative estimate of drug-likeness (QED) is 0.830. The van der Waals surface area contributed by atoms with Gasteiger partial charge in [-0.05, 0) is 30.5 Å². The number of carbonyl (C=O) groups excluding carboxylic acids is 1. The highest BCUT2D eigenvalue weighted by Gasteiger charge is 2.27. The van der Waals surface area contributed by atoms with Gasteiger partial charge in [-0.25, -0.2) is 0 Å². The van der Waals surface area contributed by atoms with Gasteiger partial charge in [-0.15, -0.1) is 0 Å². The van der Waals surface area contributed by atoms with Crippen molar-refractivity contribution in [3.63, 3.8) is 0 Å². The highest BCUT2D eigenvalue weighted by molar-refractivity contribution is 6.30. The molecule has 1 rings (SSSR count). The molecule has 3 N–H and O–H groups in total. The van der Waals surface area contributed by atoms with Crippen molar-refractivity contribution >= 4 is 17.5 Å². The number of rotatable bonds is 5. The molecule has 0 aliphatic heterocycles. The van der Waals surface area contributed by atoms with E-state index in [4.69, 9.17) is 17.3 Å². The van der Waals surface area contributed by atoms with Gasteiger partial charge < -0.3 is 10.8 Å². The highest BCUT2D eigenvalue weighted by Crippen LogP contribution is 2.30. The maximum Gasteiger partial charge on any atom is 0.217 e. The van der Waals surface area contributed by atoms with E-state index in [1.807, 2.05) is 6.92 Å². The molecule has 16 heavy (non-hydrogen) atoms. The number of hydrogen-bond acceptors (Lipinski definition) is 2. The van der Waals surface area contributed by atoms with Gasteiger partial charge in [-0.3, -0.25) is 4.79 Å². The number of halogens is 1. The molecule has 0 heterocycles. The first-order valence-corrected chi connectivity index (χ1v) is 5.62. The molecule has 0 spiro atoms. The Morgan fingerprint density at radius 1 is 1.44 bits per heavy atom. The van der Waals surface area contributed by atoms with E-state index in [9.17, 15) is 9.90 Å². The molecule has 0 radical (unpaired) electrons. The largest absolute Gasteiger partial charge is 0.385 e. The smallest absolute Gasteiger partial charge is 0.217 e. The fourth-order valence-electron chi connectivity index (χ4n) is 1.62. The van der Waals surface area contributed by atoms with Crippen LogP contribution in [0.5, 0.6) is 0 Å². The normalized spacial score (nSPS) is 14.4. The van der Waals surface area contributed by atoms with Gasteiger partial charge >= 0.3 is 0 Å². The van der Waals surface area contributed by atoms with Crippen LogP contribution in [0.15, 0.2) is 24.3 Å². The minimum absolute atomic E-state index is 0.174. The van der Waals surface area contributed by atoms with Crippen LogP contribution in [-0.4, -0.2) is 11.0 Å². The summed E-state index contributed by atoms with van der Waals surface area (Å²) in [5.41, 5.74) is 4.85. The maximum absolute atomic E-state index is 10.7. The van der Waals surface area contributed by atoms with Crippen LogP contribution >= 0.6 is 11.6 Å². The summed E-state index contributed by atoms with van der Waals surface area (Å²) in [6.07, 6.45) is 1.04. The monoisotopic (exact) mass is 241 g/mol. The van der Waals surface area contributed by atoms with Gasteiger partial charge in [0, 0.05) is 11.4 Å². The van der Waals surface area contributed by atoms with Gasteiger partial charge in [0.1, 0.15) is 0 Å². The Hall–Kier alpha value is -1.06. The summed E-state index contributed by atoms with van der Waals surface area (Å²) in [5, 5.41) is 11.0. The first-order valence-electron chi connectivity index (χ1n) is 5.24. The van der Waals surface area contributed by atoms with Crippen LogP contribution in [-0.2, 0) is 10.4 Å². The topological polar surface area (TPSA) is 63.3 Å². The van der Waals surface area contributed by atoms with Crippen molar-refractivity contribution in [2.24, 2.45) is 5.73 Å². The molecule has 0 fully saturated rings. The van der Waals surface area contributed by atoms with Crippen LogP contribution in [0.1, 0.15) is 31.7 Å². The molecule has 3 nitrogen and oxygen atoms in total. The van der Waals surface area contributed by atoms with Gasteiger partial charge in [-0.2, -0.15) is 0 Å². The predicted octanol–water partition coefficient (Wildman–Crippen LogP) is 2.20. The molecular formula is C12H16ClNO2. The zero-order valence-corrected chi connectivity index (χ0v) is 10.00. The molecule has 1 amide bonds. The van der Waals surface area contributed by atoms with Crippen LogP contribution in [0.4, 0.5) is 0 Å². The molecule has 88 valence electrons. The Kier molecular flexibility index (Phi) is 4.33. The van der Waals surface area contributed by atoms with Crippen molar-refractivity contribution in [1.82, 2.24) is 0 Å².